The van der Waals surface area contributed by atoms with Crippen molar-refractivity contribution in [1.29, 1.82) is 0 Å². The number of aryl methyl sites for hydroxylation is 1. The van der Waals surface area contributed by atoms with Gasteiger partial charge in [0.2, 0.25) is 5.91 Å². The molecule has 5 heteroatoms. The molecule has 1 aliphatic heterocycles. The predicted octanol–water partition coefficient (Wildman–Crippen LogP) is 1.60. The Labute approximate surface area is 111 Å². The van der Waals surface area contributed by atoms with Gasteiger partial charge >= 0.3 is 5.97 Å². The number of fused-ring (bicyclic) bond motifs is 1. The fraction of sp³-hybridized carbons (Fsp3) is 0.385. The number of hydrogen-bond acceptors (Lipinski definition) is 3. The number of carboxylic acid groups (broad SMARTS) is 1. The van der Waals surface area contributed by atoms with Gasteiger partial charge in [-0.05, 0) is 24.5 Å². The molecular formula is C13H15NO3S. The van der Waals surface area contributed by atoms with Gasteiger partial charge in [-0.2, -0.15) is 12.6 Å². The lowest BCUT2D eigenvalue weighted by atomic mass is 10.0. The van der Waals surface area contributed by atoms with Crippen LogP contribution in [-0.2, 0) is 16.0 Å². The van der Waals surface area contributed by atoms with Gasteiger partial charge in [-0.1, -0.05) is 18.2 Å². The van der Waals surface area contributed by atoms with Gasteiger partial charge in [0.1, 0.15) is 6.54 Å². The second kappa shape index (κ2) is 5.44. The molecule has 0 saturated heterocycles. The second-order valence-corrected chi connectivity index (χ2v) is 4.73. The van der Waals surface area contributed by atoms with Crippen LogP contribution in [0.5, 0.6) is 0 Å². The third-order valence-electron chi connectivity index (χ3n) is 3.17. The highest BCUT2D eigenvalue weighted by atomic mass is 32.1. The monoisotopic (exact) mass is 265 g/mol. The zero-order valence-electron chi connectivity index (χ0n) is 9.87. The fourth-order valence-electron chi connectivity index (χ4n) is 2.25. The molecule has 0 radical (unpaired) electrons. The smallest absolute Gasteiger partial charge is 0.323 e. The lowest BCUT2D eigenvalue weighted by Crippen LogP contribution is -2.39. The Kier molecular flexibility index (Phi) is 3.91. The van der Waals surface area contributed by atoms with Crippen LogP contribution in [0, 0.1) is 5.92 Å². The molecule has 18 heavy (non-hydrogen) atoms. The van der Waals surface area contributed by atoms with Crippen molar-refractivity contribution in [1.82, 2.24) is 0 Å². The number of anilines is 1. The van der Waals surface area contributed by atoms with E-state index in [1.165, 1.54) is 4.90 Å². The number of amides is 1. The van der Waals surface area contributed by atoms with E-state index in [2.05, 4.69) is 12.6 Å². The summed E-state index contributed by atoms with van der Waals surface area (Å²) in [7, 11) is 0. The lowest BCUT2D eigenvalue weighted by Gasteiger charge is -2.23. The molecule has 2 rings (SSSR count). The number of carboxylic acids is 1. The Morgan fingerprint density at radius 3 is 2.83 bits per heavy atom. The number of benzene rings is 1. The highest BCUT2D eigenvalue weighted by Gasteiger charge is 2.30. The first-order chi connectivity index (χ1) is 8.63. The fourth-order valence-corrected chi connectivity index (χ4v) is 2.58. The van der Waals surface area contributed by atoms with Crippen molar-refractivity contribution in [3.05, 3.63) is 29.8 Å². The number of carbonyl (C=O) groups excluding carboxylic acids is 1. The Hall–Kier alpha value is -1.49. The molecule has 0 spiro atoms. The molecule has 1 heterocycles. The summed E-state index contributed by atoms with van der Waals surface area (Å²) in [6.45, 7) is -0.292. The maximum absolute atomic E-state index is 12.3. The normalized spacial score (nSPS) is 19.3. The molecule has 0 fully saturated rings. The van der Waals surface area contributed by atoms with Crippen LogP contribution < -0.4 is 4.90 Å². The molecule has 0 aliphatic carbocycles. The van der Waals surface area contributed by atoms with Crippen LogP contribution in [0.4, 0.5) is 5.69 Å². The molecular weight excluding hydrogens is 250 g/mol. The Morgan fingerprint density at radius 2 is 2.17 bits per heavy atom. The van der Waals surface area contributed by atoms with E-state index in [4.69, 9.17) is 5.11 Å². The number of aliphatic carboxylic acids is 1. The number of hydrogen-bond donors (Lipinski definition) is 2. The summed E-state index contributed by atoms with van der Waals surface area (Å²) < 4.78 is 0. The van der Waals surface area contributed by atoms with E-state index < -0.39 is 5.97 Å². The first-order valence-electron chi connectivity index (χ1n) is 5.85. The molecule has 1 aliphatic rings. The van der Waals surface area contributed by atoms with Gasteiger partial charge in [0.15, 0.2) is 0 Å². The molecule has 1 aromatic carbocycles. The number of para-hydroxylation sites is 1. The van der Waals surface area contributed by atoms with Crippen molar-refractivity contribution in [2.45, 2.75) is 12.8 Å². The van der Waals surface area contributed by atoms with Crippen molar-refractivity contribution < 1.29 is 14.7 Å². The molecule has 96 valence electrons. The van der Waals surface area contributed by atoms with Gasteiger partial charge in [0, 0.05) is 17.4 Å². The van der Waals surface area contributed by atoms with E-state index in [-0.39, 0.29) is 18.4 Å². The summed E-state index contributed by atoms with van der Waals surface area (Å²) in [6.07, 6.45) is 1.50. The Balaban J connectivity index is 2.41. The van der Waals surface area contributed by atoms with E-state index in [1.54, 1.807) is 6.07 Å². The standard InChI is InChI=1S/C13H15NO3S/c15-12(16)7-14-11-4-2-1-3-9(11)5-6-10(8-18)13(14)17/h1-4,10,18H,5-8H2,(H,15,16). The average Bonchev–Trinajstić information content (AvgIpc) is 2.48. The third-order valence-corrected chi connectivity index (χ3v) is 3.61. The highest BCUT2D eigenvalue weighted by Crippen LogP contribution is 2.29. The molecule has 1 unspecified atom stereocenters. The summed E-state index contributed by atoms with van der Waals surface area (Å²) in [5, 5.41) is 8.95. The van der Waals surface area contributed by atoms with E-state index in [9.17, 15) is 9.59 Å². The Bertz CT molecular complexity index is 475. The number of nitrogens with zero attached hydrogens (tertiary/aromatic N) is 1. The third kappa shape index (κ3) is 2.51. The highest BCUT2D eigenvalue weighted by molar-refractivity contribution is 7.80. The van der Waals surface area contributed by atoms with Crippen LogP contribution in [0.2, 0.25) is 0 Å². The molecule has 1 amide bonds. The molecule has 1 atom stereocenters. The topological polar surface area (TPSA) is 57.6 Å². The number of rotatable bonds is 3. The summed E-state index contributed by atoms with van der Waals surface area (Å²) in [5.41, 5.74) is 1.74. The van der Waals surface area contributed by atoms with E-state index in [1.807, 2.05) is 18.2 Å². The minimum atomic E-state index is -1.00. The summed E-state index contributed by atoms with van der Waals surface area (Å²) in [5.74, 6) is -0.904. The van der Waals surface area contributed by atoms with Crippen LogP contribution in [-0.4, -0.2) is 29.3 Å². The van der Waals surface area contributed by atoms with Gasteiger partial charge in [0.25, 0.3) is 0 Å². The zero-order chi connectivity index (χ0) is 13.1. The van der Waals surface area contributed by atoms with Gasteiger partial charge in [-0.15, -0.1) is 0 Å². The predicted molar refractivity (Wildman–Crippen MR) is 72.1 cm³/mol. The van der Waals surface area contributed by atoms with Gasteiger partial charge in [-0.3, -0.25) is 9.59 Å². The second-order valence-electron chi connectivity index (χ2n) is 4.37. The molecule has 1 aromatic rings. The SMILES string of the molecule is O=C(O)CN1C(=O)C(CS)CCc2ccccc21. The first kappa shape index (κ1) is 13.0. The van der Waals surface area contributed by atoms with Crippen LogP contribution in [0.1, 0.15) is 12.0 Å². The Morgan fingerprint density at radius 1 is 1.44 bits per heavy atom. The van der Waals surface area contributed by atoms with Crippen LogP contribution >= 0.6 is 12.6 Å². The van der Waals surface area contributed by atoms with Crippen molar-refractivity contribution in [3.63, 3.8) is 0 Å². The summed E-state index contributed by atoms with van der Waals surface area (Å²) in [6, 6.07) is 7.47. The van der Waals surface area contributed by atoms with E-state index in [0.717, 1.165) is 18.4 Å². The largest absolute Gasteiger partial charge is 0.480 e. The first-order valence-corrected chi connectivity index (χ1v) is 6.48. The minimum absolute atomic E-state index is 0.141. The minimum Gasteiger partial charge on any atom is -0.480 e. The summed E-state index contributed by atoms with van der Waals surface area (Å²) >= 11 is 4.19. The maximum Gasteiger partial charge on any atom is 0.323 e. The molecule has 0 bridgehead atoms. The quantitative estimate of drug-likeness (QED) is 0.816. The van der Waals surface area contributed by atoms with Gasteiger partial charge in [0.05, 0.1) is 0 Å². The molecule has 0 saturated carbocycles. The molecule has 4 nitrogen and oxygen atoms in total. The van der Waals surface area contributed by atoms with Crippen LogP contribution in [0.25, 0.3) is 0 Å². The summed E-state index contributed by atoms with van der Waals surface area (Å²) in [4.78, 5) is 24.6. The van der Waals surface area contributed by atoms with Crippen molar-refractivity contribution >= 4 is 30.2 Å². The van der Waals surface area contributed by atoms with Gasteiger partial charge < -0.3 is 10.0 Å². The zero-order valence-corrected chi connectivity index (χ0v) is 10.8. The maximum atomic E-state index is 12.3. The van der Waals surface area contributed by atoms with Gasteiger partial charge in [-0.25, -0.2) is 0 Å². The molecule has 1 N–H and O–H groups in total. The number of thiol groups is 1. The lowest BCUT2D eigenvalue weighted by molar-refractivity contribution is -0.137. The number of carbonyl (C=O) groups is 2. The van der Waals surface area contributed by atoms with Crippen LogP contribution in [0.15, 0.2) is 24.3 Å². The van der Waals surface area contributed by atoms with E-state index >= 15 is 0 Å². The van der Waals surface area contributed by atoms with Crippen LogP contribution in [0.3, 0.4) is 0 Å². The van der Waals surface area contributed by atoms with E-state index in [0.29, 0.717) is 11.4 Å². The van der Waals surface area contributed by atoms with Crippen molar-refractivity contribution in [3.8, 4) is 0 Å². The average molecular weight is 265 g/mol. The van der Waals surface area contributed by atoms with Crippen molar-refractivity contribution in [2.24, 2.45) is 5.92 Å². The van der Waals surface area contributed by atoms with Crippen molar-refractivity contribution in [2.75, 3.05) is 17.2 Å². The molecule has 0 aromatic heterocycles.